The van der Waals surface area contributed by atoms with Gasteiger partial charge in [-0.05, 0) is 38.7 Å². The van der Waals surface area contributed by atoms with E-state index in [1.807, 2.05) is 6.92 Å². The van der Waals surface area contributed by atoms with E-state index in [0.29, 0.717) is 11.4 Å². The van der Waals surface area contributed by atoms with Crippen molar-refractivity contribution in [2.75, 3.05) is 58.1 Å². The van der Waals surface area contributed by atoms with Gasteiger partial charge in [0.2, 0.25) is 5.91 Å². The number of aryl methyl sites for hydroxylation is 1. The number of aliphatic hydroxyl groups excluding tert-OH is 1. The first-order chi connectivity index (χ1) is 13.3. The number of rotatable bonds is 8. The maximum atomic E-state index is 12.6. The van der Waals surface area contributed by atoms with E-state index in [0.717, 1.165) is 5.56 Å². The first-order valence-corrected chi connectivity index (χ1v) is 8.80. The van der Waals surface area contributed by atoms with Crippen LogP contribution >= 0.6 is 0 Å². The largest absolute Gasteiger partial charge is 0.466 e. The number of benzene rings is 1. The Balaban J connectivity index is 2.27. The van der Waals surface area contributed by atoms with Crippen LogP contribution in [0.1, 0.15) is 5.56 Å². The second kappa shape index (κ2) is 9.34. The third kappa shape index (κ3) is 5.08. The van der Waals surface area contributed by atoms with E-state index in [9.17, 15) is 14.4 Å². The number of methoxy groups -OCH3 is 1. The molecule has 1 aromatic rings. The summed E-state index contributed by atoms with van der Waals surface area (Å²) in [6.45, 7) is 2.07. The first kappa shape index (κ1) is 21.4. The van der Waals surface area contributed by atoms with Gasteiger partial charge in [-0.1, -0.05) is 6.07 Å². The van der Waals surface area contributed by atoms with Crippen molar-refractivity contribution in [3.05, 3.63) is 35.0 Å². The molecule has 28 heavy (non-hydrogen) atoms. The number of amides is 2. The molecule has 0 atom stereocenters. The van der Waals surface area contributed by atoms with E-state index in [4.69, 9.17) is 9.84 Å². The maximum Gasteiger partial charge on any atom is 0.337 e. The quantitative estimate of drug-likeness (QED) is 0.543. The molecule has 0 saturated heterocycles. The van der Waals surface area contributed by atoms with Gasteiger partial charge in [0.25, 0.3) is 5.91 Å². The van der Waals surface area contributed by atoms with Crippen molar-refractivity contribution in [2.45, 2.75) is 6.92 Å². The predicted octanol–water partition coefficient (Wildman–Crippen LogP) is 0.169. The topological polar surface area (TPSA) is 111 Å². The Kier molecular flexibility index (Phi) is 7.13. The third-order valence-corrected chi connectivity index (χ3v) is 4.19. The molecule has 0 radical (unpaired) electrons. The number of carbonyl (C=O) groups excluding carboxylic acids is 3. The van der Waals surface area contributed by atoms with Crippen LogP contribution in [0.3, 0.4) is 0 Å². The van der Waals surface area contributed by atoms with Crippen LogP contribution in [0.5, 0.6) is 0 Å². The monoisotopic (exact) mass is 390 g/mol. The number of esters is 1. The lowest BCUT2D eigenvalue weighted by Gasteiger charge is -2.16. The molecule has 0 fully saturated rings. The number of anilines is 2. The lowest BCUT2D eigenvalue weighted by molar-refractivity contribution is -0.136. The standard InChI is InChI=1S/C19H26N4O5/c1-12-5-6-13(9-15(12)21-16(25)11-22(2)3)20-17-14(19(27)28-4)10-23(7-8-24)18(17)26/h5-6,9,20,24H,7-8,10-11H2,1-4H3,(H,21,25). The number of carbonyl (C=O) groups is 3. The fourth-order valence-corrected chi connectivity index (χ4v) is 2.80. The highest BCUT2D eigenvalue weighted by atomic mass is 16.5. The van der Waals surface area contributed by atoms with Crippen LogP contribution in [-0.4, -0.2) is 80.1 Å². The van der Waals surface area contributed by atoms with Crippen molar-refractivity contribution in [3.63, 3.8) is 0 Å². The van der Waals surface area contributed by atoms with E-state index in [1.165, 1.54) is 12.0 Å². The summed E-state index contributed by atoms with van der Waals surface area (Å²) in [4.78, 5) is 39.8. The number of nitrogens with zero attached hydrogens (tertiary/aromatic N) is 2. The minimum absolute atomic E-state index is 0.0622. The molecule has 0 spiro atoms. The van der Waals surface area contributed by atoms with Crippen LogP contribution in [0, 0.1) is 6.92 Å². The Labute approximate surface area is 163 Å². The summed E-state index contributed by atoms with van der Waals surface area (Å²) < 4.78 is 4.77. The molecule has 9 heteroatoms. The van der Waals surface area contributed by atoms with Gasteiger partial charge in [-0.15, -0.1) is 0 Å². The Morgan fingerprint density at radius 1 is 1.32 bits per heavy atom. The summed E-state index contributed by atoms with van der Waals surface area (Å²) in [6, 6.07) is 5.25. The zero-order chi connectivity index (χ0) is 20.8. The molecular weight excluding hydrogens is 364 g/mol. The number of β-amino-alcohol motifs (C(OH)–C–C–N with tert-alkyl or cyclic N) is 1. The molecule has 152 valence electrons. The smallest absolute Gasteiger partial charge is 0.337 e. The maximum absolute atomic E-state index is 12.6. The molecule has 1 aliphatic rings. The zero-order valence-corrected chi connectivity index (χ0v) is 16.5. The normalized spacial score (nSPS) is 13.9. The molecule has 1 aromatic carbocycles. The lowest BCUT2D eigenvalue weighted by atomic mass is 10.1. The van der Waals surface area contributed by atoms with Crippen LogP contribution in [0.2, 0.25) is 0 Å². The number of nitrogens with one attached hydrogen (secondary N) is 2. The van der Waals surface area contributed by atoms with E-state index >= 15 is 0 Å². The first-order valence-electron chi connectivity index (χ1n) is 8.80. The third-order valence-electron chi connectivity index (χ3n) is 4.19. The minimum atomic E-state index is -0.608. The average molecular weight is 390 g/mol. The van der Waals surface area contributed by atoms with Crippen molar-refractivity contribution >= 4 is 29.2 Å². The van der Waals surface area contributed by atoms with Crippen molar-refractivity contribution in [2.24, 2.45) is 0 Å². The van der Waals surface area contributed by atoms with E-state index in [-0.39, 0.29) is 43.4 Å². The lowest BCUT2D eigenvalue weighted by Crippen LogP contribution is -2.31. The Hall–Kier alpha value is -2.91. The molecule has 1 aliphatic heterocycles. The zero-order valence-electron chi connectivity index (χ0n) is 16.5. The fraction of sp³-hybridized carbons (Fsp3) is 0.421. The molecule has 3 N–H and O–H groups in total. The van der Waals surface area contributed by atoms with E-state index in [1.54, 1.807) is 37.2 Å². The van der Waals surface area contributed by atoms with Crippen molar-refractivity contribution < 1.29 is 24.2 Å². The summed E-state index contributed by atoms with van der Waals surface area (Å²) >= 11 is 0. The van der Waals surface area contributed by atoms with E-state index < -0.39 is 11.9 Å². The second-order valence-corrected chi connectivity index (χ2v) is 6.74. The summed E-state index contributed by atoms with van der Waals surface area (Å²) in [5.41, 5.74) is 2.31. The van der Waals surface area contributed by atoms with Crippen molar-refractivity contribution in [1.29, 1.82) is 0 Å². The Bertz CT molecular complexity index is 804. The van der Waals surface area contributed by atoms with Gasteiger partial charge in [0.15, 0.2) is 0 Å². The van der Waals surface area contributed by atoms with Gasteiger partial charge in [-0.3, -0.25) is 9.59 Å². The molecule has 0 aromatic heterocycles. The highest BCUT2D eigenvalue weighted by Crippen LogP contribution is 2.26. The number of ether oxygens (including phenoxy) is 1. The fourth-order valence-electron chi connectivity index (χ4n) is 2.80. The number of hydrogen-bond donors (Lipinski definition) is 3. The van der Waals surface area contributed by atoms with Gasteiger partial charge in [-0.25, -0.2) is 4.79 Å². The second-order valence-electron chi connectivity index (χ2n) is 6.74. The number of likely N-dealkylation sites (N-methyl/N-ethyl adjacent to an activating group) is 1. The van der Waals surface area contributed by atoms with Gasteiger partial charge in [-0.2, -0.15) is 0 Å². The summed E-state index contributed by atoms with van der Waals surface area (Å²) in [5.74, 6) is -1.16. The van der Waals surface area contributed by atoms with Gasteiger partial charge in [0.05, 0.1) is 32.4 Å². The molecular formula is C19H26N4O5. The highest BCUT2D eigenvalue weighted by Gasteiger charge is 2.34. The summed E-state index contributed by atoms with van der Waals surface area (Å²) in [5, 5.41) is 14.9. The molecule has 2 amide bonds. The summed E-state index contributed by atoms with van der Waals surface area (Å²) in [7, 11) is 4.85. The molecule has 0 aliphatic carbocycles. The minimum Gasteiger partial charge on any atom is -0.466 e. The van der Waals surface area contributed by atoms with Crippen LogP contribution in [-0.2, 0) is 19.1 Å². The van der Waals surface area contributed by atoms with Gasteiger partial charge in [0.1, 0.15) is 5.70 Å². The highest BCUT2D eigenvalue weighted by molar-refractivity contribution is 6.08. The Morgan fingerprint density at radius 3 is 2.64 bits per heavy atom. The van der Waals surface area contributed by atoms with Crippen LogP contribution in [0.25, 0.3) is 0 Å². The summed E-state index contributed by atoms with van der Waals surface area (Å²) in [6.07, 6.45) is 0. The van der Waals surface area contributed by atoms with Crippen molar-refractivity contribution in [1.82, 2.24) is 9.80 Å². The molecule has 0 unspecified atom stereocenters. The van der Waals surface area contributed by atoms with Crippen LogP contribution in [0.15, 0.2) is 29.5 Å². The van der Waals surface area contributed by atoms with Crippen LogP contribution in [0.4, 0.5) is 11.4 Å². The Morgan fingerprint density at radius 2 is 2.04 bits per heavy atom. The average Bonchev–Trinajstić information content (AvgIpc) is 2.93. The van der Waals surface area contributed by atoms with Gasteiger partial charge >= 0.3 is 5.97 Å². The number of aliphatic hydroxyl groups is 1. The number of hydrogen-bond acceptors (Lipinski definition) is 7. The van der Waals surface area contributed by atoms with Gasteiger partial charge < -0.3 is 30.3 Å². The van der Waals surface area contributed by atoms with Crippen LogP contribution < -0.4 is 10.6 Å². The molecule has 0 saturated carbocycles. The molecule has 0 bridgehead atoms. The SMILES string of the molecule is COC(=O)C1=C(Nc2ccc(C)c(NC(=O)CN(C)C)c2)C(=O)N(CCO)C1. The van der Waals surface area contributed by atoms with Gasteiger partial charge in [0, 0.05) is 17.9 Å². The van der Waals surface area contributed by atoms with E-state index in [2.05, 4.69) is 10.6 Å². The predicted molar refractivity (Wildman–Crippen MR) is 105 cm³/mol. The molecule has 2 rings (SSSR count). The molecule has 9 nitrogen and oxygen atoms in total. The molecule has 1 heterocycles. The van der Waals surface area contributed by atoms with Crippen molar-refractivity contribution in [3.8, 4) is 0 Å².